The molecule has 4 aromatic carbocycles. The second kappa shape index (κ2) is 10.6. The Balaban J connectivity index is 1.76. The van der Waals surface area contributed by atoms with Crippen LogP contribution in [0.15, 0.2) is 103 Å². The van der Waals surface area contributed by atoms with Gasteiger partial charge in [-0.05, 0) is 35.6 Å². The van der Waals surface area contributed by atoms with Gasteiger partial charge in [-0.2, -0.15) is 4.89 Å². The van der Waals surface area contributed by atoms with Crippen LogP contribution < -0.4 is 4.89 Å². The summed E-state index contributed by atoms with van der Waals surface area (Å²) in [6, 6.07) is 36.2. The molecule has 0 aliphatic rings. The summed E-state index contributed by atoms with van der Waals surface area (Å²) in [5, 5.41) is 0. The second-order valence-electron chi connectivity index (χ2n) is 7.72. The van der Waals surface area contributed by atoms with E-state index in [0.717, 1.165) is 36.1 Å². The first-order valence-corrected chi connectivity index (χ1v) is 10.9. The predicted molar refractivity (Wildman–Crippen MR) is 126 cm³/mol. The van der Waals surface area contributed by atoms with Crippen LogP contribution >= 0.6 is 0 Å². The number of hydrogen-bond donors (Lipinski definition) is 0. The van der Waals surface area contributed by atoms with Crippen LogP contribution in [0.3, 0.4) is 0 Å². The summed E-state index contributed by atoms with van der Waals surface area (Å²) in [5.74, 6) is 0.839. The molecule has 0 aromatic heterocycles. The van der Waals surface area contributed by atoms with Gasteiger partial charge in [-0.3, -0.25) is 0 Å². The molecule has 0 N–H and O–H groups in total. The summed E-state index contributed by atoms with van der Waals surface area (Å²) < 4.78 is 0. The zero-order valence-electron chi connectivity index (χ0n) is 18.0. The van der Waals surface area contributed by atoms with E-state index in [1.807, 2.05) is 19.1 Å². The van der Waals surface area contributed by atoms with Gasteiger partial charge in [-0.25, -0.2) is 0 Å². The molecule has 0 fully saturated rings. The lowest BCUT2D eigenvalue weighted by molar-refractivity contribution is -0.203. The summed E-state index contributed by atoms with van der Waals surface area (Å²) in [6.07, 6.45) is 2.49. The third-order valence-corrected chi connectivity index (χ3v) is 5.29. The topological polar surface area (TPSA) is 18.5 Å². The van der Waals surface area contributed by atoms with Crippen molar-refractivity contribution in [2.24, 2.45) is 0 Å². The molecule has 156 valence electrons. The Hall–Kier alpha value is -3.36. The normalized spacial score (nSPS) is 10.7. The molecule has 2 heteroatoms. The maximum absolute atomic E-state index is 5.87. The number of rotatable bonds is 9. The van der Waals surface area contributed by atoms with E-state index in [0.29, 0.717) is 6.61 Å². The quantitative estimate of drug-likeness (QED) is 0.224. The Kier molecular flexibility index (Phi) is 7.15. The molecule has 0 spiro atoms. The largest absolute Gasteiger partial charge is 0.337 e. The van der Waals surface area contributed by atoms with Gasteiger partial charge in [-0.1, -0.05) is 103 Å². The van der Waals surface area contributed by atoms with Crippen molar-refractivity contribution in [1.82, 2.24) is 0 Å². The fourth-order valence-electron chi connectivity index (χ4n) is 3.88. The van der Waals surface area contributed by atoms with Gasteiger partial charge in [0.1, 0.15) is 0 Å². The molecular formula is C29H28O2. The van der Waals surface area contributed by atoms with Gasteiger partial charge in [0.15, 0.2) is 5.75 Å². The van der Waals surface area contributed by atoms with Gasteiger partial charge in [0, 0.05) is 24.0 Å². The van der Waals surface area contributed by atoms with Gasteiger partial charge >= 0.3 is 0 Å². The summed E-state index contributed by atoms with van der Waals surface area (Å²) in [6.45, 7) is 2.44. The molecule has 0 aliphatic heterocycles. The molecule has 31 heavy (non-hydrogen) atoms. The van der Waals surface area contributed by atoms with Crippen molar-refractivity contribution in [3.05, 3.63) is 137 Å². The molecule has 0 unspecified atom stereocenters. The monoisotopic (exact) mass is 408 g/mol. The molecule has 0 atom stereocenters. The molecule has 0 radical (unpaired) electrons. The van der Waals surface area contributed by atoms with Gasteiger partial charge < -0.3 is 4.89 Å². The van der Waals surface area contributed by atoms with Crippen LogP contribution in [0.5, 0.6) is 5.75 Å². The molecule has 2 nitrogen and oxygen atoms in total. The molecule has 0 bridgehead atoms. The average Bonchev–Trinajstić information content (AvgIpc) is 2.81. The highest BCUT2D eigenvalue weighted by atomic mass is 17.2. The van der Waals surface area contributed by atoms with Crippen molar-refractivity contribution < 1.29 is 9.78 Å². The van der Waals surface area contributed by atoms with E-state index in [4.69, 9.17) is 9.78 Å². The zero-order chi connectivity index (χ0) is 21.3. The van der Waals surface area contributed by atoms with Crippen LogP contribution in [0.4, 0.5) is 0 Å². The SMILES string of the molecule is CCOOc1c(Cc2ccccc2)cc(Cc2ccccc2)cc1Cc1ccccc1. The molecule has 0 heterocycles. The van der Waals surface area contributed by atoms with Crippen molar-refractivity contribution in [3.8, 4) is 5.75 Å². The van der Waals surface area contributed by atoms with Gasteiger partial charge in [0.05, 0.1) is 6.61 Å². The first-order chi connectivity index (χ1) is 15.3. The van der Waals surface area contributed by atoms with E-state index < -0.39 is 0 Å². The Morgan fingerprint density at radius 3 is 1.35 bits per heavy atom. The van der Waals surface area contributed by atoms with E-state index in [1.54, 1.807) is 0 Å². The molecule has 0 aliphatic carbocycles. The van der Waals surface area contributed by atoms with Crippen LogP contribution in [0.2, 0.25) is 0 Å². The lowest BCUT2D eigenvalue weighted by atomic mass is 9.93. The van der Waals surface area contributed by atoms with E-state index in [9.17, 15) is 0 Å². The van der Waals surface area contributed by atoms with Crippen molar-refractivity contribution >= 4 is 0 Å². The van der Waals surface area contributed by atoms with Crippen molar-refractivity contribution in [2.75, 3.05) is 6.61 Å². The minimum atomic E-state index is 0.501. The Morgan fingerprint density at radius 1 is 0.516 bits per heavy atom. The Labute approximate surface area is 185 Å². The van der Waals surface area contributed by atoms with E-state index in [2.05, 4.69) is 91.0 Å². The molecule has 4 aromatic rings. The number of benzene rings is 4. The third kappa shape index (κ3) is 5.84. The summed E-state index contributed by atoms with van der Waals surface area (Å²) in [5.41, 5.74) is 7.40. The fourth-order valence-corrected chi connectivity index (χ4v) is 3.88. The molecule has 4 rings (SSSR count). The Bertz CT molecular complexity index is 1010. The molecule has 0 saturated carbocycles. The van der Waals surface area contributed by atoms with Crippen LogP contribution in [-0.4, -0.2) is 6.61 Å². The maximum atomic E-state index is 5.87. The highest BCUT2D eigenvalue weighted by molar-refractivity contribution is 5.49. The smallest absolute Gasteiger partial charge is 0.172 e. The standard InChI is InChI=1S/C29H28O2/c1-2-30-31-29-27(19-24-14-8-4-9-15-24)21-26(18-23-12-6-3-7-13-23)22-28(29)20-25-16-10-5-11-17-25/h3-17,21-22H,2,18-20H2,1H3. The minimum Gasteiger partial charge on any atom is -0.337 e. The van der Waals surface area contributed by atoms with E-state index in [-0.39, 0.29) is 0 Å². The number of hydrogen-bond acceptors (Lipinski definition) is 2. The first-order valence-electron chi connectivity index (χ1n) is 10.9. The summed E-state index contributed by atoms with van der Waals surface area (Å²) in [4.78, 5) is 11.3. The van der Waals surface area contributed by atoms with Gasteiger partial charge in [0.25, 0.3) is 0 Å². The van der Waals surface area contributed by atoms with Crippen LogP contribution in [-0.2, 0) is 24.2 Å². The average molecular weight is 409 g/mol. The fraction of sp³-hybridized carbons (Fsp3) is 0.172. The van der Waals surface area contributed by atoms with Crippen molar-refractivity contribution in [1.29, 1.82) is 0 Å². The predicted octanol–water partition coefficient (Wildman–Crippen LogP) is 6.79. The van der Waals surface area contributed by atoms with Gasteiger partial charge in [-0.15, -0.1) is 0 Å². The van der Waals surface area contributed by atoms with Crippen LogP contribution in [0.25, 0.3) is 0 Å². The zero-order valence-corrected chi connectivity index (χ0v) is 18.0. The highest BCUT2D eigenvalue weighted by Gasteiger charge is 2.15. The lowest BCUT2D eigenvalue weighted by Crippen LogP contribution is -2.06. The maximum Gasteiger partial charge on any atom is 0.172 e. The summed E-state index contributed by atoms with van der Waals surface area (Å²) >= 11 is 0. The third-order valence-electron chi connectivity index (χ3n) is 5.29. The lowest BCUT2D eigenvalue weighted by Gasteiger charge is -2.17. The van der Waals surface area contributed by atoms with E-state index >= 15 is 0 Å². The molecule has 0 amide bonds. The van der Waals surface area contributed by atoms with Gasteiger partial charge in [0.2, 0.25) is 0 Å². The van der Waals surface area contributed by atoms with E-state index in [1.165, 1.54) is 22.3 Å². The molecule has 0 saturated heterocycles. The minimum absolute atomic E-state index is 0.501. The second-order valence-corrected chi connectivity index (χ2v) is 7.72. The van der Waals surface area contributed by atoms with Crippen molar-refractivity contribution in [2.45, 2.75) is 26.2 Å². The van der Waals surface area contributed by atoms with Crippen molar-refractivity contribution in [3.63, 3.8) is 0 Å². The highest BCUT2D eigenvalue weighted by Crippen LogP contribution is 2.31. The van der Waals surface area contributed by atoms with Crippen LogP contribution in [0.1, 0.15) is 40.3 Å². The van der Waals surface area contributed by atoms with Crippen LogP contribution in [0, 0.1) is 0 Å². The summed E-state index contributed by atoms with van der Waals surface area (Å²) in [7, 11) is 0. The Morgan fingerprint density at radius 2 is 0.935 bits per heavy atom. The molecular weight excluding hydrogens is 380 g/mol. The first kappa shape index (κ1) is 20.9.